The molecule has 0 fully saturated rings. The molecule has 0 radical (unpaired) electrons. The van der Waals surface area contributed by atoms with E-state index >= 15 is 0 Å². The van der Waals surface area contributed by atoms with Crippen LogP contribution < -0.4 is 0 Å². The Morgan fingerprint density at radius 2 is 0.810 bits per heavy atom. The van der Waals surface area contributed by atoms with E-state index < -0.39 is 0 Å². The standard InChI is InChI=1S/C56H75NO/c1-5-9-13-17-19-25-37-56(38-26-20-18-14-10-6-2)52-39-44(29-32-48(52)49-33-30-45(43-58)40-53(49)56)42-57-46-31-34-50-47-27-21-22-28-51(47)55(54(50)41-46,35-23-15-11-7-3)36-24-16-12-8-4/h21-22,27-34,39-43H,5-20,23-26,35-38H2,1-4H3. The molecule has 0 saturated heterocycles. The summed E-state index contributed by atoms with van der Waals surface area (Å²) in [6.45, 7) is 9.24. The van der Waals surface area contributed by atoms with Crippen molar-refractivity contribution in [3.8, 4) is 22.3 Å². The number of aldehydes is 1. The molecule has 58 heavy (non-hydrogen) atoms. The lowest BCUT2D eigenvalue weighted by Crippen LogP contribution is -2.26. The second-order valence-corrected chi connectivity index (χ2v) is 18.1. The summed E-state index contributed by atoms with van der Waals surface area (Å²) in [7, 11) is 0. The minimum Gasteiger partial charge on any atom is -0.298 e. The predicted molar refractivity (Wildman–Crippen MR) is 251 cm³/mol. The lowest BCUT2D eigenvalue weighted by Gasteiger charge is -2.33. The first-order valence-corrected chi connectivity index (χ1v) is 24.1. The van der Waals surface area contributed by atoms with E-state index in [-0.39, 0.29) is 10.8 Å². The number of carbonyl (C=O) groups is 1. The van der Waals surface area contributed by atoms with Gasteiger partial charge in [-0.05, 0) is 100 Å². The van der Waals surface area contributed by atoms with Crippen LogP contribution in [0.4, 0.5) is 5.69 Å². The SMILES string of the molecule is CCCCCCCCC1(CCCCCCCC)c2cc(C=O)ccc2-c2ccc(C=Nc3ccc4c(c3)C(CCCCCC)(CCCCCC)c3ccccc3-4)cc21. The van der Waals surface area contributed by atoms with E-state index in [0.717, 1.165) is 30.4 Å². The first-order valence-electron chi connectivity index (χ1n) is 24.1. The van der Waals surface area contributed by atoms with Gasteiger partial charge in [0.15, 0.2) is 0 Å². The van der Waals surface area contributed by atoms with E-state index in [9.17, 15) is 4.79 Å². The molecule has 0 aliphatic heterocycles. The first-order chi connectivity index (χ1) is 28.5. The Morgan fingerprint density at radius 1 is 0.414 bits per heavy atom. The maximum atomic E-state index is 12.2. The van der Waals surface area contributed by atoms with Crippen LogP contribution in [-0.4, -0.2) is 12.5 Å². The fourth-order valence-corrected chi connectivity index (χ4v) is 10.8. The van der Waals surface area contributed by atoms with Gasteiger partial charge in [-0.1, -0.05) is 211 Å². The predicted octanol–water partition coefficient (Wildman–Crippen LogP) is 17.2. The zero-order valence-electron chi connectivity index (χ0n) is 37.0. The summed E-state index contributed by atoms with van der Waals surface area (Å²) in [6, 6.07) is 30.0. The van der Waals surface area contributed by atoms with Gasteiger partial charge >= 0.3 is 0 Å². The van der Waals surface area contributed by atoms with Gasteiger partial charge in [-0.3, -0.25) is 9.79 Å². The van der Waals surface area contributed by atoms with E-state index in [1.165, 1.54) is 186 Å². The molecule has 0 atom stereocenters. The molecule has 2 aliphatic carbocycles. The summed E-state index contributed by atoms with van der Waals surface area (Å²) in [5.74, 6) is 0. The van der Waals surface area contributed by atoms with Crippen molar-refractivity contribution in [3.05, 3.63) is 112 Å². The molecule has 6 rings (SSSR count). The van der Waals surface area contributed by atoms with E-state index in [1.807, 2.05) is 6.07 Å². The molecule has 0 heterocycles. The van der Waals surface area contributed by atoms with Crippen molar-refractivity contribution in [2.24, 2.45) is 4.99 Å². The maximum absolute atomic E-state index is 12.2. The quantitative estimate of drug-likeness (QED) is 0.0337. The first kappa shape index (κ1) is 43.8. The molecule has 310 valence electrons. The van der Waals surface area contributed by atoms with Crippen molar-refractivity contribution in [1.82, 2.24) is 0 Å². The maximum Gasteiger partial charge on any atom is 0.150 e. The number of hydrogen-bond donors (Lipinski definition) is 0. The lowest BCUT2D eigenvalue weighted by molar-refractivity contribution is 0.112. The van der Waals surface area contributed by atoms with E-state index in [0.29, 0.717) is 0 Å². The summed E-state index contributed by atoms with van der Waals surface area (Å²) >= 11 is 0. The molecule has 2 nitrogen and oxygen atoms in total. The van der Waals surface area contributed by atoms with Gasteiger partial charge in [0.05, 0.1) is 5.69 Å². The van der Waals surface area contributed by atoms with Gasteiger partial charge in [0.2, 0.25) is 0 Å². The highest BCUT2D eigenvalue weighted by Gasteiger charge is 2.43. The Morgan fingerprint density at radius 3 is 1.34 bits per heavy atom. The van der Waals surface area contributed by atoms with Gasteiger partial charge in [-0.15, -0.1) is 0 Å². The van der Waals surface area contributed by atoms with Crippen LogP contribution in [-0.2, 0) is 10.8 Å². The van der Waals surface area contributed by atoms with Crippen LogP contribution in [0.5, 0.6) is 0 Å². The summed E-state index contributed by atoms with van der Waals surface area (Å²) in [6.07, 6.45) is 33.7. The zero-order valence-corrected chi connectivity index (χ0v) is 37.0. The number of nitrogens with zero attached hydrogens (tertiary/aromatic N) is 1. The fourth-order valence-electron chi connectivity index (χ4n) is 10.8. The number of rotatable bonds is 27. The van der Waals surface area contributed by atoms with Crippen molar-refractivity contribution >= 4 is 18.2 Å². The Labute approximate surface area is 353 Å². The van der Waals surface area contributed by atoms with Crippen LogP contribution in [0, 0.1) is 0 Å². The van der Waals surface area contributed by atoms with Crippen LogP contribution in [0.15, 0.2) is 83.9 Å². The number of unbranched alkanes of at least 4 members (excludes halogenated alkanes) is 16. The second kappa shape index (κ2) is 22.0. The summed E-state index contributed by atoms with van der Waals surface area (Å²) in [4.78, 5) is 17.5. The third kappa shape index (κ3) is 9.97. The average Bonchev–Trinajstić information content (AvgIpc) is 3.68. The monoisotopic (exact) mass is 778 g/mol. The normalized spacial score (nSPS) is 14.4. The molecule has 0 spiro atoms. The molecule has 2 heteroatoms. The molecule has 4 aromatic rings. The number of carbonyl (C=O) groups excluding carboxylic acids is 1. The minimum atomic E-state index is -0.0719. The highest BCUT2D eigenvalue weighted by Crippen LogP contribution is 2.56. The molecule has 0 aromatic heterocycles. The smallest absolute Gasteiger partial charge is 0.150 e. The second-order valence-electron chi connectivity index (χ2n) is 18.1. The third-order valence-electron chi connectivity index (χ3n) is 14.0. The fraction of sp³-hybridized carbons (Fsp3) is 0.536. The Balaban J connectivity index is 1.34. The van der Waals surface area contributed by atoms with Gasteiger partial charge in [0.25, 0.3) is 0 Å². The van der Waals surface area contributed by atoms with Gasteiger partial charge in [-0.25, -0.2) is 0 Å². The highest BCUT2D eigenvalue weighted by molar-refractivity contribution is 5.90. The van der Waals surface area contributed by atoms with Crippen LogP contribution in [0.25, 0.3) is 22.3 Å². The number of hydrogen-bond acceptors (Lipinski definition) is 2. The molecule has 0 unspecified atom stereocenters. The lowest BCUT2D eigenvalue weighted by atomic mass is 9.70. The Bertz CT molecular complexity index is 1900. The number of benzene rings is 4. The molecule has 4 aromatic carbocycles. The van der Waals surface area contributed by atoms with Crippen LogP contribution in [0.1, 0.15) is 220 Å². The van der Waals surface area contributed by atoms with Crippen molar-refractivity contribution in [2.75, 3.05) is 0 Å². The molecular weight excluding hydrogens is 703 g/mol. The number of fused-ring (bicyclic) bond motifs is 6. The van der Waals surface area contributed by atoms with Gasteiger partial charge < -0.3 is 0 Å². The summed E-state index contributed by atoms with van der Waals surface area (Å²) in [5.41, 5.74) is 14.4. The molecule has 0 N–H and O–H groups in total. The van der Waals surface area contributed by atoms with E-state index in [1.54, 1.807) is 5.56 Å². The summed E-state index contributed by atoms with van der Waals surface area (Å²) < 4.78 is 0. The van der Waals surface area contributed by atoms with Crippen LogP contribution in [0.2, 0.25) is 0 Å². The average molecular weight is 778 g/mol. The van der Waals surface area contributed by atoms with E-state index in [2.05, 4.69) is 107 Å². The number of aliphatic imine (C=N–C) groups is 1. The van der Waals surface area contributed by atoms with Crippen molar-refractivity contribution in [1.29, 1.82) is 0 Å². The van der Waals surface area contributed by atoms with E-state index in [4.69, 9.17) is 4.99 Å². The van der Waals surface area contributed by atoms with Crippen molar-refractivity contribution in [3.63, 3.8) is 0 Å². The van der Waals surface area contributed by atoms with Gasteiger partial charge in [0, 0.05) is 22.6 Å². The molecule has 0 saturated carbocycles. The minimum absolute atomic E-state index is 0.0609. The largest absolute Gasteiger partial charge is 0.298 e. The van der Waals surface area contributed by atoms with Crippen LogP contribution in [0.3, 0.4) is 0 Å². The Kier molecular flexibility index (Phi) is 16.6. The van der Waals surface area contributed by atoms with Crippen LogP contribution >= 0.6 is 0 Å². The zero-order chi connectivity index (χ0) is 40.6. The topological polar surface area (TPSA) is 29.4 Å². The summed E-state index contributed by atoms with van der Waals surface area (Å²) in [5, 5.41) is 0. The molecule has 2 aliphatic rings. The van der Waals surface area contributed by atoms with Gasteiger partial charge in [0.1, 0.15) is 6.29 Å². The molecule has 0 amide bonds. The van der Waals surface area contributed by atoms with Crippen molar-refractivity contribution in [2.45, 2.75) is 193 Å². The third-order valence-corrected chi connectivity index (χ3v) is 14.0. The Hall–Kier alpha value is -3.78. The highest BCUT2D eigenvalue weighted by atomic mass is 16.1. The molecular formula is C56H75NO. The molecule has 0 bridgehead atoms. The van der Waals surface area contributed by atoms with Crippen molar-refractivity contribution < 1.29 is 4.79 Å². The van der Waals surface area contributed by atoms with Gasteiger partial charge in [-0.2, -0.15) is 0 Å².